The van der Waals surface area contributed by atoms with Gasteiger partial charge in [0.25, 0.3) is 0 Å². The van der Waals surface area contributed by atoms with E-state index in [4.69, 9.17) is 11.6 Å². The monoisotopic (exact) mass is 255 g/mol. The van der Waals surface area contributed by atoms with Crippen LogP contribution in [0.2, 0.25) is 0 Å². The fraction of sp³-hybridized carbons (Fsp3) is 0.538. The SMILES string of the molecule is CNC(CCCl)c1ccc2c(c1)CCCS2. The van der Waals surface area contributed by atoms with Crippen molar-refractivity contribution >= 4 is 23.4 Å². The lowest BCUT2D eigenvalue weighted by molar-refractivity contribution is 0.578. The summed E-state index contributed by atoms with van der Waals surface area (Å²) in [5.74, 6) is 1.97. The molecule has 1 atom stereocenters. The van der Waals surface area contributed by atoms with Crippen molar-refractivity contribution in [1.29, 1.82) is 0 Å². The molecule has 0 radical (unpaired) electrons. The Bertz CT molecular complexity index is 354. The molecule has 1 N–H and O–H groups in total. The molecular formula is C13H18ClNS. The predicted molar refractivity (Wildman–Crippen MR) is 72.6 cm³/mol. The number of fused-ring (bicyclic) bond motifs is 1. The van der Waals surface area contributed by atoms with E-state index in [2.05, 4.69) is 23.5 Å². The summed E-state index contributed by atoms with van der Waals surface area (Å²) >= 11 is 7.81. The van der Waals surface area contributed by atoms with E-state index in [-0.39, 0.29) is 0 Å². The van der Waals surface area contributed by atoms with Crippen molar-refractivity contribution in [3.8, 4) is 0 Å². The molecule has 0 fully saturated rings. The Morgan fingerprint density at radius 1 is 1.50 bits per heavy atom. The third-order valence-electron chi connectivity index (χ3n) is 3.08. The van der Waals surface area contributed by atoms with Crippen LogP contribution >= 0.6 is 23.4 Å². The van der Waals surface area contributed by atoms with E-state index in [9.17, 15) is 0 Å². The topological polar surface area (TPSA) is 12.0 Å². The highest BCUT2D eigenvalue weighted by molar-refractivity contribution is 7.99. The molecule has 0 aliphatic carbocycles. The second-order valence-electron chi connectivity index (χ2n) is 4.14. The fourth-order valence-corrected chi connectivity index (χ4v) is 3.42. The number of benzene rings is 1. The van der Waals surface area contributed by atoms with Crippen LogP contribution in [0.25, 0.3) is 0 Å². The lowest BCUT2D eigenvalue weighted by atomic mass is 10.00. The standard InChI is InChI=1S/C13H18ClNS/c1-15-12(6-7-14)10-4-5-13-11(9-10)3-2-8-16-13/h4-5,9,12,15H,2-3,6-8H2,1H3. The largest absolute Gasteiger partial charge is 0.313 e. The Kier molecular flexibility index (Phi) is 4.56. The first kappa shape index (κ1) is 12.3. The molecule has 0 aromatic heterocycles. The lowest BCUT2D eigenvalue weighted by Gasteiger charge is -2.20. The summed E-state index contributed by atoms with van der Waals surface area (Å²) in [6.45, 7) is 0. The Balaban J connectivity index is 2.21. The van der Waals surface area contributed by atoms with Gasteiger partial charge >= 0.3 is 0 Å². The second kappa shape index (κ2) is 5.95. The van der Waals surface area contributed by atoms with Crippen LogP contribution in [-0.2, 0) is 6.42 Å². The van der Waals surface area contributed by atoms with Crippen LogP contribution in [-0.4, -0.2) is 18.7 Å². The van der Waals surface area contributed by atoms with Gasteiger partial charge in [-0.25, -0.2) is 0 Å². The molecule has 3 heteroatoms. The molecule has 2 rings (SSSR count). The number of hydrogen-bond donors (Lipinski definition) is 1. The van der Waals surface area contributed by atoms with E-state index in [1.165, 1.54) is 34.6 Å². The summed E-state index contributed by atoms with van der Waals surface area (Å²) in [6, 6.07) is 7.27. The zero-order valence-corrected chi connectivity index (χ0v) is 11.2. The predicted octanol–water partition coefficient (Wildman–Crippen LogP) is 3.61. The number of rotatable bonds is 4. The maximum atomic E-state index is 5.82. The van der Waals surface area contributed by atoms with Crippen LogP contribution in [0.1, 0.15) is 30.0 Å². The average molecular weight is 256 g/mol. The number of nitrogens with one attached hydrogen (secondary N) is 1. The smallest absolute Gasteiger partial charge is 0.0329 e. The molecule has 1 aromatic carbocycles. The van der Waals surface area contributed by atoms with E-state index >= 15 is 0 Å². The van der Waals surface area contributed by atoms with E-state index in [0.29, 0.717) is 11.9 Å². The molecule has 1 aromatic rings. The van der Waals surface area contributed by atoms with E-state index in [1.54, 1.807) is 0 Å². The van der Waals surface area contributed by atoms with Crippen molar-refractivity contribution in [3.63, 3.8) is 0 Å². The van der Waals surface area contributed by atoms with Gasteiger partial charge in [-0.2, -0.15) is 0 Å². The molecule has 1 unspecified atom stereocenters. The van der Waals surface area contributed by atoms with Gasteiger partial charge in [-0.3, -0.25) is 0 Å². The molecule has 0 saturated heterocycles. The minimum Gasteiger partial charge on any atom is -0.313 e. The molecule has 0 amide bonds. The summed E-state index contributed by atoms with van der Waals surface area (Å²) in [5, 5.41) is 3.33. The molecule has 0 saturated carbocycles. The highest BCUT2D eigenvalue weighted by Gasteiger charge is 2.13. The minimum absolute atomic E-state index is 0.398. The van der Waals surface area contributed by atoms with Crippen LogP contribution in [0.4, 0.5) is 0 Å². The second-order valence-corrected chi connectivity index (χ2v) is 5.65. The lowest BCUT2D eigenvalue weighted by Crippen LogP contribution is -2.17. The number of thioether (sulfide) groups is 1. The molecule has 1 nitrogen and oxygen atoms in total. The van der Waals surface area contributed by atoms with E-state index < -0.39 is 0 Å². The van der Waals surface area contributed by atoms with Crippen LogP contribution < -0.4 is 5.32 Å². The van der Waals surface area contributed by atoms with Gasteiger partial charge in [-0.1, -0.05) is 12.1 Å². The molecular weight excluding hydrogens is 238 g/mol. The molecule has 1 aliphatic heterocycles. The van der Waals surface area contributed by atoms with Crippen molar-refractivity contribution in [1.82, 2.24) is 5.32 Å². The van der Waals surface area contributed by atoms with Crippen molar-refractivity contribution in [2.75, 3.05) is 18.7 Å². The quantitative estimate of drug-likeness (QED) is 0.825. The summed E-state index contributed by atoms with van der Waals surface area (Å²) in [5.41, 5.74) is 2.90. The van der Waals surface area contributed by atoms with Gasteiger partial charge in [0.05, 0.1) is 0 Å². The average Bonchev–Trinajstić information content (AvgIpc) is 2.35. The van der Waals surface area contributed by atoms with Gasteiger partial charge in [0.15, 0.2) is 0 Å². The normalized spacial score (nSPS) is 16.9. The Labute approximate surface area is 107 Å². The molecule has 16 heavy (non-hydrogen) atoms. The third-order valence-corrected chi connectivity index (χ3v) is 4.50. The van der Waals surface area contributed by atoms with E-state index in [1.807, 2.05) is 18.8 Å². The van der Waals surface area contributed by atoms with Gasteiger partial charge < -0.3 is 5.32 Å². The Morgan fingerprint density at radius 2 is 2.38 bits per heavy atom. The first-order valence-corrected chi connectivity index (χ1v) is 7.36. The summed E-state index contributed by atoms with van der Waals surface area (Å²) < 4.78 is 0. The highest BCUT2D eigenvalue weighted by Crippen LogP contribution is 2.32. The van der Waals surface area contributed by atoms with Crippen LogP contribution in [0.15, 0.2) is 23.1 Å². The Hall–Kier alpha value is -0.180. The molecule has 0 bridgehead atoms. The van der Waals surface area contributed by atoms with Crippen molar-refractivity contribution in [2.45, 2.75) is 30.2 Å². The number of aryl methyl sites for hydroxylation is 1. The van der Waals surface area contributed by atoms with Gasteiger partial charge in [-0.05, 0) is 49.3 Å². The first-order chi connectivity index (χ1) is 7.85. The van der Waals surface area contributed by atoms with Crippen LogP contribution in [0.5, 0.6) is 0 Å². The minimum atomic E-state index is 0.398. The van der Waals surface area contributed by atoms with Crippen molar-refractivity contribution in [2.24, 2.45) is 0 Å². The zero-order chi connectivity index (χ0) is 11.4. The molecule has 1 heterocycles. The molecule has 1 aliphatic rings. The van der Waals surface area contributed by atoms with Crippen LogP contribution in [0, 0.1) is 0 Å². The maximum Gasteiger partial charge on any atom is 0.0329 e. The maximum absolute atomic E-state index is 5.82. The summed E-state index contributed by atoms with van der Waals surface area (Å²) in [7, 11) is 2.01. The molecule has 88 valence electrons. The van der Waals surface area contributed by atoms with Gasteiger partial charge in [-0.15, -0.1) is 23.4 Å². The van der Waals surface area contributed by atoms with Crippen molar-refractivity contribution < 1.29 is 0 Å². The van der Waals surface area contributed by atoms with E-state index in [0.717, 1.165) is 6.42 Å². The zero-order valence-electron chi connectivity index (χ0n) is 9.63. The third kappa shape index (κ3) is 2.73. The summed E-state index contributed by atoms with van der Waals surface area (Å²) in [4.78, 5) is 1.47. The van der Waals surface area contributed by atoms with Crippen LogP contribution in [0.3, 0.4) is 0 Å². The number of alkyl halides is 1. The van der Waals surface area contributed by atoms with Gasteiger partial charge in [0.1, 0.15) is 0 Å². The highest BCUT2D eigenvalue weighted by atomic mass is 35.5. The first-order valence-electron chi connectivity index (χ1n) is 5.84. The van der Waals surface area contributed by atoms with Gasteiger partial charge in [0.2, 0.25) is 0 Å². The van der Waals surface area contributed by atoms with Gasteiger partial charge in [0, 0.05) is 16.8 Å². The van der Waals surface area contributed by atoms with Crippen molar-refractivity contribution in [3.05, 3.63) is 29.3 Å². The summed E-state index contributed by atoms with van der Waals surface area (Å²) in [6.07, 6.45) is 3.53. The Morgan fingerprint density at radius 3 is 3.12 bits per heavy atom. The number of hydrogen-bond acceptors (Lipinski definition) is 2. The number of halogens is 1. The fourth-order valence-electron chi connectivity index (χ4n) is 2.18. The molecule has 0 spiro atoms.